The summed E-state index contributed by atoms with van der Waals surface area (Å²) in [6.45, 7) is 5.89. The van der Waals surface area contributed by atoms with Crippen LogP contribution in [0.3, 0.4) is 0 Å². The van der Waals surface area contributed by atoms with Crippen LogP contribution in [0.2, 0.25) is 0 Å². The second-order valence-electron chi connectivity index (χ2n) is 3.87. The zero-order valence-electron chi connectivity index (χ0n) is 9.20. The summed E-state index contributed by atoms with van der Waals surface area (Å²) < 4.78 is 0. The van der Waals surface area contributed by atoms with Crippen LogP contribution in [0.4, 0.5) is 5.82 Å². The normalized spacial score (nSPS) is 12.6. The first-order chi connectivity index (χ1) is 6.65. The Labute approximate surface area is 85.9 Å². The van der Waals surface area contributed by atoms with Crippen molar-refractivity contribution in [3.05, 3.63) is 23.9 Å². The molecule has 0 aliphatic heterocycles. The van der Waals surface area contributed by atoms with Gasteiger partial charge < -0.3 is 10.6 Å². The van der Waals surface area contributed by atoms with Crippen molar-refractivity contribution >= 4 is 5.82 Å². The van der Waals surface area contributed by atoms with E-state index in [1.165, 1.54) is 5.56 Å². The minimum Gasteiger partial charge on any atom is -0.359 e. The molecule has 1 unspecified atom stereocenters. The van der Waals surface area contributed by atoms with Crippen LogP contribution in [0.5, 0.6) is 0 Å². The first kappa shape index (κ1) is 11.0. The van der Waals surface area contributed by atoms with Crippen LogP contribution in [-0.4, -0.2) is 25.1 Å². The zero-order valence-corrected chi connectivity index (χ0v) is 9.20. The summed E-state index contributed by atoms with van der Waals surface area (Å²) in [5.74, 6) is 1.55. The van der Waals surface area contributed by atoms with E-state index in [-0.39, 0.29) is 0 Å². The van der Waals surface area contributed by atoms with Crippen molar-refractivity contribution in [2.75, 3.05) is 25.0 Å². The maximum Gasteiger partial charge on any atom is 0.131 e. The minimum atomic E-state index is 0.501. The van der Waals surface area contributed by atoms with E-state index in [1.54, 1.807) is 0 Å². The molecule has 3 nitrogen and oxygen atoms in total. The molecule has 0 aromatic carbocycles. The number of rotatable bonds is 4. The molecule has 1 aromatic heterocycles. The topological polar surface area (TPSA) is 42.2 Å². The molecule has 14 heavy (non-hydrogen) atoms. The van der Waals surface area contributed by atoms with Crippen LogP contribution in [0, 0.1) is 12.8 Å². The molecule has 3 heteroatoms. The van der Waals surface area contributed by atoms with Crippen molar-refractivity contribution < 1.29 is 0 Å². The molecule has 1 heterocycles. The van der Waals surface area contributed by atoms with Crippen molar-refractivity contribution in [1.29, 1.82) is 0 Å². The number of aryl methyl sites for hydroxylation is 1. The van der Waals surface area contributed by atoms with Crippen LogP contribution in [0.25, 0.3) is 0 Å². The molecule has 0 fully saturated rings. The third kappa shape index (κ3) is 2.70. The zero-order chi connectivity index (χ0) is 10.6. The molecule has 1 rings (SSSR count). The number of pyridine rings is 1. The lowest BCUT2D eigenvalue weighted by Crippen LogP contribution is -2.29. The molecule has 1 aromatic rings. The molecule has 78 valence electrons. The number of hydrogen-bond acceptors (Lipinski definition) is 3. The van der Waals surface area contributed by atoms with Gasteiger partial charge in [0.1, 0.15) is 5.82 Å². The average molecular weight is 193 g/mol. The van der Waals surface area contributed by atoms with E-state index in [0.717, 1.165) is 18.9 Å². The monoisotopic (exact) mass is 193 g/mol. The Hall–Kier alpha value is -1.09. The maximum absolute atomic E-state index is 5.59. The van der Waals surface area contributed by atoms with Crippen molar-refractivity contribution in [3.8, 4) is 0 Å². The van der Waals surface area contributed by atoms with Crippen LogP contribution in [-0.2, 0) is 0 Å². The van der Waals surface area contributed by atoms with Gasteiger partial charge in [0.15, 0.2) is 0 Å². The summed E-state index contributed by atoms with van der Waals surface area (Å²) in [7, 11) is 2.06. The predicted octanol–water partition coefficient (Wildman–Crippen LogP) is 1.42. The van der Waals surface area contributed by atoms with Crippen molar-refractivity contribution in [3.63, 3.8) is 0 Å². The van der Waals surface area contributed by atoms with Gasteiger partial charge in [-0.15, -0.1) is 0 Å². The Bertz CT molecular complexity index is 286. The molecule has 0 amide bonds. The van der Waals surface area contributed by atoms with Crippen molar-refractivity contribution in [2.45, 2.75) is 13.8 Å². The van der Waals surface area contributed by atoms with E-state index in [0.29, 0.717) is 5.92 Å². The lowest BCUT2D eigenvalue weighted by atomic mass is 10.1. The molecule has 1 atom stereocenters. The molecule has 0 spiro atoms. The maximum atomic E-state index is 5.59. The average Bonchev–Trinajstić information content (AvgIpc) is 2.18. The minimum absolute atomic E-state index is 0.501. The fourth-order valence-electron chi connectivity index (χ4n) is 1.51. The smallest absolute Gasteiger partial charge is 0.131 e. The Morgan fingerprint density at radius 3 is 2.86 bits per heavy atom. The summed E-state index contributed by atoms with van der Waals surface area (Å²) >= 11 is 0. The number of nitrogens with zero attached hydrogens (tertiary/aromatic N) is 2. The van der Waals surface area contributed by atoms with Crippen molar-refractivity contribution in [2.24, 2.45) is 11.7 Å². The Morgan fingerprint density at radius 1 is 1.57 bits per heavy atom. The van der Waals surface area contributed by atoms with Gasteiger partial charge in [-0.3, -0.25) is 0 Å². The van der Waals surface area contributed by atoms with E-state index in [4.69, 9.17) is 5.73 Å². The SMILES string of the molecule is Cc1cccnc1N(C)CC(C)CN. The van der Waals surface area contributed by atoms with Crippen LogP contribution in [0.15, 0.2) is 18.3 Å². The summed E-state index contributed by atoms with van der Waals surface area (Å²) in [6, 6.07) is 4.03. The fraction of sp³-hybridized carbons (Fsp3) is 0.545. The standard InChI is InChI=1S/C11H19N3/c1-9(7-12)8-14(3)11-10(2)5-4-6-13-11/h4-6,9H,7-8,12H2,1-3H3. The second kappa shape index (κ2) is 4.96. The lowest BCUT2D eigenvalue weighted by Gasteiger charge is -2.22. The highest BCUT2D eigenvalue weighted by Gasteiger charge is 2.08. The van der Waals surface area contributed by atoms with E-state index >= 15 is 0 Å². The highest BCUT2D eigenvalue weighted by molar-refractivity contribution is 5.44. The third-order valence-electron chi connectivity index (χ3n) is 2.33. The molecule has 0 aliphatic rings. The van der Waals surface area contributed by atoms with E-state index < -0.39 is 0 Å². The number of hydrogen-bond donors (Lipinski definition) is 1. The Kier molecular flexibility index (Phi) is 3.89. The first-order valence-corrected chi connectivity index (χ1v) is 4.98. The van der Waals surface area contributed by atoms with Crippen molar-refractivity contribution in [1.82, 2.24) is 4.98 Å². The van der Waals surface area contributed by atoms with Gasteiger partial charge in [0.05, 0.1) is 0 Å². The summed E-state index contributed by atoms with van der Waals surface area (Å²) in [5, 5.41) is 0. The largest absolute Gasteiger partial charge is 0.359 e. The summed E-state index contributed by atoms with van der Waals surface area (Å²) in [6.07, 6.45) is 1.83. The fourth-order valence-corrected chi connectivity index (χ4v) is 1.51. The van der Waals surface area contributed by atoms with E-state index in [1.807, 2.05) is 12.3 Å². The molecular formula is C11H19N3. The molecular weight excluding hydrogens is 174 g/mol. The van der Waals surface area contributed by atoms with Gasteiger partial charge in [-0.25, -0.2) is 4.98 Å². The first-order valence-electron chi connectivity index (χ1n) is 4.98. The van der Waals surface area contributed by atoms with Crippen LogP contribution >= 0.6 is 0 Å². The third-order valence-corrected chi connectivity index (χ3v) is 2.33. The number of nitrogens with two attached hydrogens (primary N) is 1. The Balaban J connectivity index is 2.69. The van der Waals surface area contributed by atoms with Gasteiger partial charge in [0, 0.05) is 19.8 Å². The molecule has 0 bridgehead atoms. The molecule has 0 saturated heterocycles. The van der Waals surface area contributed by atoms with Gasteiger partial charge in [0.2, 0.25) is 0 Å². The van der Waals surface area contributed by atoms with Crippen LogP contribution in [0.1, 0.15) is 12.5 Å². The van der Waals surface area contributed by atoms with E-state index in [2.05, 4.69) is 36.8 Å². The van der Waals surface area contributed by atoms with Gasteiger partial charge in [0.25, 0.3) is 0 Å². The summed E-state index contributed by atoms with van der Waals surface area (Å²) in [4.78, 5) is 6.51. The molecule has 0 saturated carbocycles. The summed E-state index contributed by atoms with van der Waals surface area (Å²) in [5.41, 5.74) is 6.80. The predicted molar refractivity (Wildman–Crippen MR) is 60.5 cm³/mol. The Morgan fingerprint density at radius 2 is 2.29 bits per heavy atom. The lowest BCUT2D eigenvalue weighted by molar-refractivity contribution is 0.587. The quantitative estimate of drug-likeness (QED) is 0.786. The molecule has 0 radical (unpaired) electrons. The van der Waals surface area contributed by atoms with Gasteiger partial charge in [-0.05, 0) is 31.0 Å². The van der Waals surface area contributed by atoms with E-state index in [9.17, 15) is 0 Å². The highest BCUT2D eigenvalue weighted by Crippen LogP contribution is 2.14. The van der Waals surface area contributed by atoms with Gasteiger partial charge >= 0.3 is 0 Å². The van der Waals surface area contributed by atoms with Gasteiger partial charge in [-0.1, -0.05) is 13.0 Å². The number of anilines is 1. The molecule has 2 N–H and O–H groups in total. The van der Waals surface area contributed by atoms with Gasteiger partial charge in [-0.2, -0.15) is 0 Å². The second-order valence-corrected chi connectivity index (χ2v) is 3.87. The molecule has 0 aliphatic carbocycles. The van der Waals surface area contributed by atoms with Crippen LogP contribution < -0.4 is 10.6 Å². The number of aromatic nitrogens is 1. The highest BCUT2D eigenvalue weighted by atomic mass is 15.2.